The van der Waals surface area contributed by atoms with Crippen molar-refractivity contribution < 1.29 is 19.4 Å². The molecule has 0 aliphatic heterocycles. The molecule has 0 radical (unpaired) electrons. The number of nitrogens with one attached hydrogen (secondary N) is 1. The third-order valence-electron chi connectivity index (χ3n) is 3.07. The lowest BCUT2D eigenvalue weighted by atomic mass is 10.1. The fraction of sp³-hybridized carbons (Fsp3) is 0.0588. The summed E-state index contributed by atoms with van der Waals surface area (Å²) in [7, 11) is 1.51. The Balaban J connectivity index is 2.20. The molecule has 0 saturated carbocycles. The van der Waals surface area contributed by atoms with E-state index < -0.39 is 11.9 Å². The van der Waals surface area contributed by atoms with Crippen LogP contribution in [0.1, 0.15) is 15.9 Å². The second-order valence-electron chi connectivity index (χ2n) is 4.69. The number of benzene rings is 2. The van der Waals surface area contributed by atoms with E-state index in [9.17, 15) is 14.7 Å². The molecule has 0 heterocycles. The minimum atomic E-state index is -1.38. The average Bonchev–Trinajstić information content (AvgIpc) is 2.54. The van der Waals surface area contributed by atoms with Gasteiger partial charge in [-0.15, -0.1) is 0 Å². The summed E-state index contributed by atoms with van der Waals surface area (Å²) in [5, 5.41) is 14.1. The third kappa shape index (κ3) is 4.59. The maximum atomic E-state index is 12.0. The van der Waals surface area contributed by atoms with Crippen molar-refractivity contribution in [3.05, 3.63) is 63.1 Å². The summed E-state index contributed by atoms with van der Waals surface area (Å²) >= 11 is 9.09. The van der Waals surface area contributed by atoms with Crippen LogP contribution in [0.25, 0.3) is 6.08 Å². The molecule has 2 aromatic rings. The highest BCUT2D eigenvalue weighted by Gasteiger charge is 2.07. The molecule has 0 unspecified atom stereocenters. The number of amides is 1. The van der Waals surface area contributed by atoms with Gasteiger partial charge in [-0.25, -0.2) is 0 Å². The zero-order chi connectivity index (χ0) is 17.7. The molecule has 0 aliphatic carbocycles. The van der Waals surface area contributed by atoms with Crippen molar-refractivity contribution in [3.63, 3.8) is 0 Å². The van der Waals surface area contributed by atoms with Gasteiger partial charge in [-0.2, -0.15) is 0 Å². The molecule has 0 bridgehead atoms. The van der Waals surface area contributed by atoms with Gasteiger partial charge in [0.1, 0.15) is 5.75 Å². The van der Waals surface area contributed by atoms with Gasteiger partial charge < -0.3 is 20.0 Å². The summed E-state index contributed by atoms with van der Waals surface area (Å²) in [6, 6.07) is 9.45. The quantitative estimate of drug-likeness (QED) is 0.770. The van der Waals surface area contributed by atoms with Gasteiger partial charge in [0.2, 0.25) is 5.91 Å². The van der Waals surface area contributed by atoms with Gasteiger partial charge in [-0.1, -0.05) is 27.5 Å². The van der Waals surface area contributed by atoms with Crippen LogP contribution in [0.4, 0.5) is 5.69 Å². The monoisotopic (exact) mass is 408 g/mol. The van der Waals surface area contributed by atoms with Crippen molar-refractivity contribution in [2.45, 2.75) is 0 Å². The zero-order valence-electron chi connectivity index (χ0n) is 12.5. The lowest BCUT2D eigenvalue weighted by Crippen LogP contribution is -2.24. The minimum absolute atomic E-state index is 0.119. The van der Waals surface area contributed by atoms with E-state index in [1.165, 1.54) is 31.4 Å². The number of anilines is 1. The summed E-state index contributed by atoms with van der Waals surface area (Å²) < 4.78 is 5.75. The van der Waals surface area contributed by atoms with E-state index in [2.05, 4.69) is 21.2 Å². The highest BCUT2D eigenvalue weighted by molar-refractivity contribution is 9.10. The Labute approximate surface area is 152 Å². The van der Waals surface area contributed by atoms with E-state index >= 15 is 0 Å². The molecule has 2 aromatic carbocycles. The molecule has 24 heavy (non-hydrogen) atoms. The van der Waals surface area contributed by atoms with E-state index in [1.807, 2.05) is 0 Å². The highest BCUT2D eigenvalue weighted by Crippen LogP contribution is 2.24. The topological polar surface area (TPSA) is 78.5 Å². The highest BCUT2D eigenvalue weighted by atomic mass is 79.9. The number of halogens is 2. The molecule has 0 atom stereocenters. The first-order chi connectivity index (χ1) is 11.4. The number of carbonyl (C=O) groups excluding carboxylic acids is 2. The Morgan fingerprint density at radius 2 is 2.00 bits per heavy atom. The Bertz CT molecular complexity index is 820. The van der Waals surface area contributed by atoms with E-state index in [1.54, 1.807) is 24.3 Å². The molecule has 124 valence electrons. The molecule has 1 amide bonds. The van der Waals surface area contributed by atoms with Gasteiger partial charge in [-0.3, -0.25) is 4.79 Å². The Morgan fingerprint density at radius 3 is 2.67 bits per heavy atom. The van der Waals surface area contributed by atoms with Crippen molar-refractivity contribution in [3.8, 4) is 5.75 Å². The second kappa shape index (κ2) is 7.99. The first-order valence-electron chi connectivity index (χ1n) is 6.74. The number of carboxylic acid groups (broad SMARTS) is 1. The van der Waals surface area contributed by atoms with Crippen molar-refractivity contribution >= 4 is 51.2 Å². The first-order valence-corrected chi connectivity index (χ1v) is 7.91. The van der Waals surface area contributed by atoms with Gasteiger partial charge in [-0.05, 0) is 42.5 Å². The molecule has 5 nitrogen and oxygen atoms in total. The largest absolute Gasteiger partial charge is 0.545 e. The second-order valence-corrected chi connectivity index (χ2v) is 6.04. The van der Waals surface area contributed by atoms with Crippen LogP contribution in [0, 0.1) is 0 Å². The Hall–Kier alpha value is -2.31. The number of ether oxygens (including phenoxy) is 1. The smallest absolute Gasteiger partial charge is 0.248 e. The molecular formula is C17H12BrClNO4-. The Morgan fingerprint density at radius 1 is 1.25 bits per heavy atom. The van der Waals surface area contributed by atoms with Gasteiger partial charge in [0, 0.05) is 26.7 Å². The fourth-order valence-electron chi connectivity index (χ4n) is 1.97. The van der Waals surface area contributed by atoms with Gasteiger partial charge >= 0.3 is 0 Å². The summed E-state index contributed by atoms with van der Waals surface area (Å²) in [5.41, 5.74) is 0.647. The lowest BCUT2D eigenvalue weighted by molar-refractivity contribution is -0.254. The van der Waals surface area contributed by atoms with Crippen molar-refractivity contribution in [2.24, 2.45) is 0 Å². The number of rotatable bonds is 5. The molecular weight excluding hydrogens is 398 g/mol. The van der Waals surface area contributed by atoms with Gasteiger partial charge in [0.15, 0.2) is 0 Å². The maximum absolute atomic E-state index is 12.0. The number of carbonyl (C=O) groups is 2. The molecule has 1 N–H and O–H groups in total. The van der Waals surface area contributed by atoms with E-state index in [0.717, 1.165) is 0 Å². The standard InChI is InChI=1S/C17H13BrClNO4/c1-24-15-6-4-12(19)8-10(15)2-7-16(21)20-14-5-3-11(18)9-13(14)17(22)23/h2-9H,1H3,(H,20,21)(H,22,23)/p-1/b7-2+. The van der Waals surface area contributed by atoms with Crippen LogP contribution in [0.2, 0.25) is 5.02 Å². The van der Waals surface area contributed by atoms with Crippen LogP contribution in [0.15, 0.2) is 46.9 Å². The summed E-state index contributed by atoms with van der Waals surface area (Å²) in [5.74, 6) is -1.32. The van der Waals surface area contributed by atoms with Crippen LogP contribution in [-0.2, 0) is 4.79 Å². The lowest BCUT2D eigenvalue weighted by Gasteiger charge is -2.11. The van der Waals surface area contributed by atoms with Gasteiger partial charge in [0.25, 0.3) is 0 Å². The van der Waals surface area contributed by atoms with E-state index in [0.29, 0.717) is 20.8 Å². The molecule has 0 aromatic heterocycles. The number of aromatic carboxylic acids is 1. The molecule has 7 heteroatoms. The van der Waals surface area contributed by atoms with E-state index in [4.69, 9.17) is 16.3 Å². The van der Waals surface area contributed by atoms with E-state index in [-0.39, 0.29) is 11.3 Å². The molecule has 0 spiro atoms. The number of carboxylic acids is 1. The number of hydrogen-bond acceptors (Lipinski definition) is 4. The number of methoxy groups -OCH3 is 1. The average molecular weight is 410 g/mol. The molecule has 0 saturated heterocycles. The Kier molecular flexibility index (Phi) is 6.00. The summed E-state index contributed by atoms with van der Waals surface area (Å²) in [6.07, 6.45) is 2.78. The normalized spacial score (nSPS) is 10.6. The van der Waals surface area contributed by atoms with Gasteiger partial charge in [0.05, 0.1) is 18.8 Å². The predicted octanol–water partition coefficient (Wildman–Crippen LogP) is 3.13. The molecule has 2 rings (SSSR count). The zero-order valence-corrected chi connectivity index (χ0v) is 14.8. The van der Waals surface area contributed by atoms with Crippen molar-refractivity contribution in [1.82, 2.24) is 0 Å². The van der Waals surface area contributed by atoms with Crippen LogP contribution in [-0.4, -0.2) is 19.0 Å². The maximum Gasteiger partial charge on any atom is 0.248 e. The van der Waals surface area contributed by atoms with Crippen LogP contribution < -0.4 is 15.2 Å². The van der Waals surface area contributed by atoms with Crippen molar-refractivity contribution in [1.29, 1.82) is 0 Å². The van der Waals surface area contributed by atoms with Crippen LogP contribution >= 0.6 is 27.5 Å². The minimum Gasteiger partial charge on any atom is -0.545 e. The predicted molar refractivity (Wildman–Crippen MR) is 94.1 cm³/mol. The third-order valence-corrected chi connectivity index (χ3v) is 3.79. The van der Waals surface area contributed by atoms with Crippen LogP contribution in [0.3, 0.4) is 0 Å². The summed E-state index contributed by atoms with van der Waals surface area (Å²) in [4.78, 5) is 23.2. The van der Waals surface area contributed by atoms with Crippen LogP contribution in [0.5, 0.6) is 5.75 Å². The SMILES string of the molecule is COc1ccc(Cl)cc1/C=C/C(=O)Nc1ccc(Br)cc1C(=O)[O-]. The molecule has 0 aliphatic rings. The molecule has 0 fully saturated rings. The first kappa shape index (κ1) is 18.0. The van der Waals surface area contributed by atoms with Crippen molar-refractivity contribution in [2.75, 3.05) is 12.4 Å². The fourth-order valence-corrected chi connectivity index (χ4v) is 2.51. The number of hydrogen-bond donors (Lipinski definition) is 1. The summed E-state index contributed by atoms with van der Waals surface area (Å²) in [6.45, 7) is 0.